The van der Waals surface area contributed by atoms with E-state index in [2.05, 4.69) is 15.3 Å². The van der Waals surface area contributed by atoms with Gasteiger partial charge in [0.2, 0.25) is 17.8 Å². The second-order valence-corrected chi connectivity index (χ2v) is 6.99. The molecule has 6 nitrogen and oxygen atoms in total. The standard InChI is InChI=1S/C16H24N4O2/c1-11-7-8-17-15(18-11)19-14(22)12-6-5-9-20(12)13(21)10-16(2,3)4/h7-8,12H,5-6,9-10H2,1-4H3,(H,17,18,19,22)/t12-/m1/s1. The van der Waals surface area contributed by atoms with Crippen LogP contribution in [0.5, 0.6) is 0 Å². The molecule has 1 aliphatic rings. The Labute approximate surface area is 131 Å². The van der Waals surface area contributed by atoms with Gasteiger partial charge in [0, 0.05) is 24.9 Å². The molecule has 1 aromatic heterocycles. The van der Waals surface area contributed by atoms with Gasteiger partial charge in [-0.05, 0) is 31.2 Å². The minimum absolute atomic E-state index is 0.0373. The zero-order valence-corrected chi connectivity index (χ0v) is 13.7. The van der Waals surface area contributed by atoms with E-state index in [0.717, 1.165) is 12.1 Å². The van der Waals surface area contributed by atoms with E-state index in [9.17, 15) is 9.59 Å². The highest BCUT2D eigenvalue weighted by atomic mass is 16.2. The van der Waals surface area contributed by atoms with Crippen LogP contribution in [0.2, 0.25) is 0 Å². The first-order valence-electron chi connectivity index (χ1n) is 7.66. The lowest BCUT2D eigenvalue weighted by Gasteiger charge is -2.27. The molecule has 0 radical (unpaired) electrons. The Hall–Kier alpha value is -1.98. The number of likely N-dealkylation sites (tertiary alicyclic amines) is 1. The van der Waals surface area contributed by atoms with Gasteiger partial charge in [0.25, 0.3) is 0 Å². The third-order valence-electron chi connectivity index (χ3n) is 3.59. The quantitative estimate of drug-likeness (QED) is 0.928. The Balaban J connectivity index is 2.03. The van der Waals surface area contributed by atoms with Crippen LogP contribution in [0.15, 0.2) is 12.3 Å². The van der Waals surface area contributed by atoms with Gasteiger partial charge in [-0.25, -0.2) is 9.97 Å². The van der Waals surface area contributed by atoms with Gasteiger partial charge < -0.3 is 4.90 Å². The number of nitrogens with zero attached hydrogens (tertiary/aromatic N) is 3. The maximum atomic E-state index is 12.4. The van der Waals surface area contributed by atoms with Crippen molar-refractivity contribution in [3.05, 3.63) is 18.0 Å². The molecule has 1 aromatic rings. The van der Waals surface area contributed by atoms with Gasteiger partial charge in [-0.2, -0.15) is 0 Å². The summed E-state index contributed by atoms with van der Waals surface area (Å²) in [6, 6.07) is 1.35. The monoisotopic (exact) mass is 304 g/mol. The van der Waals surface area contributed by atoms with Crippen molar-refractivity contribution < 1.29 is 9.59 Å². The molecule has 1 N–H and O–H groups in total. The third kappa shape index (κ3) is 4.26. The van der Waals surface area contributed by atoms with Crippen molar-refractivity contribution in [3.63, 3.8) is 0 Å². The van der Waals surface area contributed by atoms with Crippen molar-refractivity contribution in [3.8, 4) is 0 Å². The molecule has 1 fully saturated rings. The number of aryl methyl sites for hydroxylation is 1. The number of hydrogen-bond acceptors (Lipinski definition) is 4. The number of nitrogens with one attached hydrogen (secondary N) is 1. The van der Waals surface area contributed by atoms with Crippen molar-refractivity contribution in [1.82, 2.24) is 14.9 Å². The van der Waals surface area contributed by atoms with Crippen molar-refractivity contribution in [2.75, 3.05) is 11.9 Å². The molecular formula is C16H24N4O2. The Kier molecular flexibility index (Phi) is 4.78. The van der Waals surface area contributed by atoms with Crippen LogP contribution in [-0.4, -0.2) is 39.3 Å². The van der Waals surface area contributed by atoms with Crippen LogP contribution in [0, 0.1) is 12.3 Å². The molecule has 0 aromatic carbocycles. The van der Waals surface area contributed by atoms with E-state index in [1.165, 1.54) is 0 Å². The number of rotatable bonds is 3. The van der Waals surface area contributed by atoms with Crippen LogP contribution in [0.1, 0.15) is 45.7 Å². The van der Waals surface area contributed by atoms with E-state index in [4.69, 9.17) is 0 Å². The van der Waals surface area contributed by atoms with Crippen LogP contribution >= 0.6 is 0 Å². The van der Waals surface area contributed by atoms with Crippen LogP contribution in [-0.2, 0) is 9.59 Å². The molecule has 0 saturated carbocycles. The number of anilines is 1. The van der Waals surface area contributed by atoms with Gasteiger partial charge >= 0.3 is 0 Å². The maximum absolute atomic E-state index is 12.4. The first-order valence-corrected chi connectivity index (χ1v) is 7.66. The molecule has 0 unspecified atom stereocenters. The summed E-state index contributed by atoms with van der Waals surface area (Å²) in [5.41, 5.74) is 0.706. The Morgan fingerprint density at radius 3 is 2.77 bits per heavy atom. The van der Waals surface area contributed by atoms with Crippen molar-refractivity contribution >= 4 is 17.8 Å². The van der Waals surface area contributed by atoms with Crippen molar-refractivity contribution in [1.29, 1.82) is 0 Å². The van der Waals surface area contributed by atoms with E-state index < -0.39 is 6.04 Å². The predicted octanol–water partition coefficient (Wildman–Crippen LogP) is 2.15. The third-order valence-corrected chi connectivity index (χ3v) is 3.59. The molecule has 1 atom stereocenters. The summed E-state index contributed by atoms with van der Waals surface area (Å²) >= 11 is 0. The van der Waals surface area contributed by atoms with Gasteiger partial charge in [-0.3, -0.25) is 14.9 Å². The molecule has 1 saturated heterocycles. The fourth-order valence-corrected chi connectivity index (χ4v) is 2.60. The summed E-state index contributed by atoms with van der Waals surface area (Å²) in [6.45, 7) is 8.55. The lowest BCUT2D eigenvalue weighted by molar-refractivity contribution is -0.138. The normalized spacial score (nSPS) is 18.4. The van der Waals surface area contributed by atoms with Gasteiger partial charge in [0.05, 0.1) is 0 Å². The fourth-order valence-electron chi connectivity index (χ4n) is 2.60. The van der Waals surface area contributed by atoms with Gasteiger partial charge in [-0.15, -0.1) is 0 Å². The average molecular weight is 304 g/mol. The summed E-state index contributed by atoms with van der Waals surface area (Å²) in [5.74, 6) is 0.126. The Morgan fingerprint density at radius 1 is 1.41 bits per heavy atom. The molecule has 2 heterocycles. The zero-order valence-electron chi connectivity index (χ0n) is 13.7. The van der Waals surface area contributed by atoms with Crippen LogP contribution < -0.4 is 5.32 Å². The molecule has 0 spiro atoms. The SMILES string of the molecule is Cc1ccnc(NC(=O)[C@H]2CCCN2C(=O)CC(C)(C)C)n1. The average Bonchev–Trinajstić information content (AvgIpc) is 2.85. The summed E-state index contributed by atoms with van der Waals surface area (Å²) in [6.07, 6.45) is 3.59. The molecule has 2 amide bonds. The zero-order chi connectivity index (χ0) is 16.3. The fraction of sp³-hybridized carbons (Fsp3) is 0.625. The minimum atomic E-state index is -0.418. The smallest absolute Gasteiger partial charge is 0.249 e. The van der Waals surface area contributed by atoms with Crippen molar-refractivity contribution in [2.24, 2.45) is 5.41 Å². The summed E-state index contributed by atoms with van der Waals surface area (Å²) < 4.78 is 0. The van der Waals surface area contributed by atoms with E-state index >= 15 is 0 Å². The van der Waals surface area contributed by atoms with Crippen LogP contribution in [0.4, 0.5) is 5.95 Å². The first-order chi connectivity index (χ1) is 10.3. The minimum Gasteiger partial charge on any atom is -0.331 e. The summed E-state index contributed by atoms with van der Waals surface area (Å²) in [7, 11) is 0. The lowest BCUT2D eigenvalue weighted by Crippen LogP contribution is -2.44. The number of carbonyl (C=O) groups excluding carboxylic acids is 2. The van der Waals surface area contributed by atoms with Gasteiger partial charge in [0.1, 0.15) is 6.04 Å². The molecule has 1 aliphatic heterocycles. The van der Waals surface area contributed by atoms with E-state index in [1.54, 1.807) is 17.2 Å². The summed E-state index contributed by atoms with van der Waals surface area (Å²) in [5, 5.41) is 2.72. The van der Waals surface area contributed by atoms with Crippen LogP contribution in [0.25, 0.3) is 0 Å². The molecule has 0 aliphatic carbocycles. The highest BCUT2D eigenvalue weighted by Gasteiger charge is 2.35. The number of carbonyl (C=O) groups is 2. The molecule has 120 valence electrons. The lowest BCUT2D eigenvalue weighted by atomic mass is 9.91. The maximum Gasteiger partial charge on any atom is 0.249 e. The largest absolute Gasteiger partial charge is 0.331 e. The Bertz CT molecular complexity index is 566. The highest BCUT2D eigenvalue weighted by Crippen LogP contribution is 2.25. The van der Waals surface area contributed by atoms with Gasteiger partial charge in [0.15, 0.2) is 0 Å². The Morgan fingerprint density at radius 2 is 2.14 bits per heavy atom. The van der Waals surface area contributed by atoms with Crippen molar-refractivity contribution in [2.45, 2.75) is 53.0 Å². The number of amides is 2. The molecular weight excluding hydrogens is 280 g/mol. The van der Waals surface area contributed by atoms with E-state index in [1.807, 2.05) is 27.7 Å². The second kappa shape index (κ2) is 6.42. The van der Waals surface area contributed by atoms with E-state index in [0.29, 0.717) is 25.3 Å². The highest BCUT2D eigenvalue weighted by molar-refractivity contribution is 5.96. The molecule has 22 heavy (non-hydrogen) atoms. The predicted molar refractivity (Wildman–Crippen MR) is 84.2 cm³/mol. The molecule has 2 rings (SSSR count). The second-order valence-electron chi connectivity index (χ2n) is 6.99. The topological polar surface area (TPSA) is 75.2 Å². The molecule has 0 bridgehead atoms. The molecule has 6 heteroatoms. The number of hydrogen-bond donors (Lipinski definition) is 1. The first kappa shape index (κ1) is 16.4. The number of aromatic nitrogens is 2. The van der Waals surface area contributed by atoms with E-state index in [-0.39, 0.29) is 17.2 Å². The van der Waals surface area contributed by atoms with Crippen LogP contribution in [0.3, 0.4) is 0 Å². The van der Waals surface area contributed by atoms with Gasteiger partial charge in [-0.1, -0.05) is 20.8 Å². The summed E-state index contributed by atoms with van der Waals surface area (Å²) in [4.78, 5) is 34.7.